The summed E-state index contributed by atoms with van der Waals surface area (Å²) in [6, 6.07) is 10.2. The second-order valence-electron chi connectivity index (χ2n) is 4.58. The molecule has 0 aliphatic heterocycles. The lowest BCUT2D eigenvalue weighted by Gasteiger charge is -2.04. The molecule has 0 aliphatic carbocycles. The van der Waals surface area contributed by atoms with Gasteiger partial charge >= 0.3 is 0 Å². The van der Waals surface area contributed by atoms with E-state index in [0.717, 1.165) is 26.9 Å². The van der Waals surface area contributed by atoms with Crippen molar-refractivity contribution in [1.82, 2.24) is 9.97 Å². The number of hydrogen-bond acceptors (Lipinski definition) is 4. The molecule has 0 atom stereocenters. The van der Waals surface area contributed by atoms with Crippen LogP contribution in [0.5, 0.6) is 0 Å². The number of fused-ring (bicyclic) bond motifs is 1. The molecule has 3 rings (SSSR count). The highest BCUT2D eigenvalue weighted by Gasteiger charge is 2.10. The minimum absolute atomic E-state index is 0.577. The molecule has 5 heteroatoms. The molecule has 0 spiro atoms. The van der Waals surface area contributed by atoms with Crippen LogP contribution in [0.1, 0.15) is 23.2 Å². The average Bonchev–Trinajstić information content (AvgIpc) is 2.85. The minimum atomic E-state index is 0.577. The molecule has 0 amide bonds. The summed E-state index contributed by atoms with van der Waals surface area (Å²) in [5, 5.41) is 0.975. The molecule has 0 fully saturated rings. The fourth-order valence-electron chi connectivity index (χ4n) is 2.10. The molecule has 102 valence electrons. The molecule has 2 aromatic heterocycles. The van der Waals surface area contributed by atoms with Crippen molar-refractivity contribution in [2.45, 2.75) is 19.8 Å². The van der Waals surface area contributed by atoms with Crippen LogP contribution in [0, 0.1) is 0 Å². The molecular weight excluding hydrogens is 334 g/mol. The highest BCUT2D eigenvalue weighted by atomic mass is 79.9. The molecule has 20 heavy (non-hydrogen) atoms. The van der Waals surface area contributed by atoms with E-state index in [2.05, 4.69) is 45.0 Å². The maximum Gasteiger partial charge on any atom is 0.136 e. The second kappa shape index (κ2) is 5.50. The van der Waals surface area contributed by atoms with E-state index in [4.69, 9.17) is 5.73 Å². The SMILES string of the molecule is CCc1cc2c(N)nc(Cc3ccccc3Br)nc2s1. The Morgan fingerprint density at radius 3 is 2.80 bits per heavy atom. The largest absolute Gasteiger partial charge is 0.383 e. The first-order valence-corrected chi connectivity index (χ1v) is 8.06. The van der Waals surface area contributed by atoms with Crippen molar-refractivity contribution in [2.24, 2.45) is 0 Å². The van der Waals surface area contributed by atoms with Gasteiger partial charge in [-0.05, 0) is 24.1 Å². The normalized spacial score (nSPS) is 11.1. The molecule has 1 aromatic carbocycles. The Morgan fingerprint density at radius 2 is 2.05 bits per heavy atom. The van der Waals surface area contributed by atoms with Gasteiger partial charge in [0.2, 0.25) is 0 Å². The summed E-state index contributed by atoms with van der Waals surface area (Å²) in [6.07, 6.45) is 1.68. The van der Waals surface area contributed by atoms with Crippen molar-refractivity contribution in [3.8, 4) is 0 Å². The van der Waals surface area contributed by atoms with Gasteiger partial charge in [-0.2, -0.15) is 0 Å². The third kappa shape index (κ3) is 2.55. The lowest BCUT2D eigenvalue weighted by Crippen LogP contribution is -2.01. The Bertz CT molecular complexity index is 767. The van der Waals surface area contributed by atoms with Gasteiger partial charge in [0, 0.05) is 15.8 Å². The lowest BCUT2D eigenvalue weighted by molar-refractivity contribution is 0.997. The smallest absolute Gasteiger partial charge is 0.136 e. The van der Waals surface area contributed by atoms with E-state index < -0.39 is 0 Å². The third-order valence-electron chi connectivity index (χ3n) is 3.17. The van der Waals surface area contributed by atoms with Gasteiger partial charge in [-0.1, -0.05) is 41.1 Å². The highest BCUT2D eigenvalue weighted by molar-refractivity contribution is 9.10. The van der Waals surface area contributed by atoms with Crippen LogP contribution < -0.4 is 5.73 Å². The Hall–Kier alpha value is -1.46. The summed E-state index contributed by atoms with van der Waals surface area (Å²) < 4.78 is 1.07. The Morgan fingerprint density at radius 1 is 1.25 bits per heavy atom. The quantitative estimate of drug-likeness (QED) is 0.772. The number of halogens is 1. The summed E-state index contributed by atoms with van der Waals surface area (Å²) in [5.74, 6) is 1.35. The maximum atomic E-state index is 6.06. The van der Waals surface area contributed by atoms with E-state index in [9.17, 15) is 0 Å². The number of benzene rings is 1. The Kier molecular flexibility index (Phi) is 3.72. The summed E-state index contributed by atoms with van der Waals surface area (Å²) in [6.45, 7) is 2.14. The predicted octanol–water partition coefficient (Wildman–Crippen LogP) is 4.19. The number of aromatic nitrogens is 2. The van der Waals surface area contributed by atoms with Crippen LogP contribution in [-0.4, -0.2) is 9.97 Å². The zero-order valence-electron chi connectivity index (χ0n) is 11.1. The van der Waals surface area contributed by atoms with Crippen LogP contribution in [0.3, 0.4) is 0 Å². The number of anilines is 1. The highest BCUT2D eigenvalue weighted by Crippen LogP contribution is 2.28. The molecule has 0 radical (unpaired) electrons. The molecule has 0 saturated heterocycles. The molecule has 2 heterocycles. The summed E-state index contributed by atoms with van der Waals surface area (Å²) in [7, 11) is 0. The van der Waals surface area contributed by atoms with Crippen LogP contribution in [0.4, 0.5) is 5.82 Å². The minimum Gasteiger partial charge on any atom is -0.383 e. The van der Waals surface area contributed by atoms with E-state index in [1.165, 1.54) is 10.4 Å². The fraction of sp³-hybridized carbons (Fsp3) is 0.200. The van der Waals surface area contributed by atoms with Gasteiger partial charge in [0.05, 0.1) is 5.39 Å². The van der Waals surface area contributed by atoms with Gasteiger partial charge in [-0.25, -0.2) is 9.97 Å². The van der Waals surface area contributed by atoms with Gasteiger partial charge in [0.15, 0.2) is 0 Å². The van der Waals surface area contributed by atoms with Gasteiger partial charge in [-0.3, -0.25) is 0 Å². The van der Waals surface area contributed by atoms with E-state index in [1.54, 1.807) is 11.3 Å². The number of hydrogen-bond donors (Lipinski definition) is 1. The zero-order chi connectivity index (χ0) is 14.1. The summed E-state index contributed by atoms with van der Waals surface area (Å²) in [4.78, 5) is 11.4. The number of nitrogens with zero attached hydrogens (tertiary/aromatic N) is 2. The molecule has 3 nitrogen and oxygen atoms in total. The van der Waals surface area contributed by atoms with Gasteiger partial charge < -0.3 is 5.73 Å². The van der Waals surface area contributed by atoms with Crippen molar-refractivity contribution in [3.05, 3.63) is 51.1 Å². The lowest BCUT2D eigenvalue weighted by atomic mass is 10.1. The van der Waals surface area contributed by atoms with E-state index >= 15 is 0 Å². The molecule has 0 saturated carbocycles. The van der Waals surface area contributed by atoms with Gasteiger partial charge in [-0.15, -0.1) is 11.3 Å². The zero-order valence-corrected chi connectivity index (χ0v) is 13.5. The van der Waals surface area contributed by atoms with Crippen LogP contribution >= 0.6 is 27.3 Å². The van der Waals surface area contributed by atoms with Crippen molar-refractivity contribution in [1.29, 1.82) is 0 Å². The number of thiophene rings is 1. The fourth-order valence-corrected chi connectivity index (χ4v) is 3.52. The maximum absolute atomic E-state index is 6.06. The van der Waals surface area contributed by atoms with Crippen molar-refractivity contribution >= 4 is 43.3 Å². The standard InChI is InChI=1S/C15H14BrN3S/c1-2-10-8-11-14(17)18-13(19-15(11)20-10)7-9-5-3-4-6-12(9)16/h3-6,8H,2,7H2,1H3,(H2,17,18,19). The number of nitrogen functional groups attached to an aromatic ring is 1. The molecular formula is C15H14BrN3S. The van der Waals surface area contributed by atoms with Crippen LogP contribution in [0.2, 0.25) is 0 Å². The molecule has 3 aromatic rings. The molecule has 2 N–H and O–H groups in total. The Labute approximate surface area is 130 Å². The van der Waals surface area contributed by atoms with E-state index in [-0.39, 0.29) is 0 Å². The molecule has 0 bridgehead atoms. The van der Waals surface area contributed by atoms with Crippen LogP contribution in [-0.2, 0) is 12.8 Å². The number of nitrogens with two attached hydrogens (primary N) is 1. The summed E-state index contributed by atoms with van der Waals surface area (Å²) in [5.41, 5.74) is 7.23. The van der Waals surface area contributed by atoms with Crippen molar-refractivity contribution in [2.75, 3.05) is 5.73 Å². The Balaban J connectivity index is 2.02. The average molecular weight is 348 g/mol. The molecule has 0 aliphatic rings. The van der Waals surface area contributed by atoms with Crippen molar-refractivity contribution < 1.29 is 0 Å². The van der Waals surface area contributed by atoms with Crippen LogP contribution in [0.25, 0.3) is 10.2 Å². The third-order valence-corrected chi connectivity index (χ3v) is 5.12. The predicted molar refractivity (Wildman–Crippen MR) is 88.2 cm³/mol. The second-order valence-corrected chi connectivity index (χ2v) is 6.55. The van der Waals surface area contributed by atoms with E-state index in [1.807, 2.05) is 18.2 Å². The summed E-state index contributed by atoms with van der Waals surface area (Å²) >= 11 is 5.25. The first-order valence-electron chi connectivity index (χ1n) is 6.45. The topological polar surface area (TPSA) is 51.8 Å². The first kappa shape index (κ1) is 13.5. The number of rotatable bonds is 3. The van der Waals surface area contributed by atoms with Crippen molar-refractivity contribution in [3.63, 3.8) is 0 Å². The van der Waals surface area contributed by atoms with Gasteiger partial charge in [0.1, 0.15) is 16.5 Å². The number of aryl methyl sites for hydroxylation is 1. The van der Waals surface area contributed by atoms with E-state index in [0.29, 0.717) is 12.2 Å². The van der Waals surface area contributed by atoms with Gasteiger partial charge in [0.25, 0.3) is 0 Å². The monoisotopic (exact) mass is 347 g/mol. The van der Waals surface area contributed by atoms with Crippen LogP contribution in [0.15, 0.2) is 34.8 Å². The first-order chi connectivity index (χ1) is 9.67. The molecule has 0 unspecified atom stereocenters.